The molecule has 1 saturated heterocycles. The van der Waals surface area contributed by atoms with Crippen molar-refractivity contribution in [3.8, 4) is 0 Å². The van der Waals surface area contributed by atoms with Gasteiger partial charge >= 0.3 is 0 Å². The van der Waals surface area contributed by atoms with Crippen molar-refractivity contribution in [1.82, 2.24) is 5.32 Å². The van der Waals surface area contributed by atoms with Gasteiger partial charge in [0.1, 0.15) is 0 Å². The van der Waals surface area contributed by atoms with Gasteiger partial charge in [-0.15, -0.1) is 0 Å². The van der Waals surface area contributed by atoms with Crippen molar-refractivity contribution >= 4 is 0 Å². The lowest BCUT2D eigenvalue weighted by Gasteiger charge is -2.24. The lowest BCUT2D eigenvalue weighted by Crippen LogP contribution is -2.39. The van der Waals surface area contributed by atoms with Crippen LogP contribution in [0, 0.1) is 11.8 Å². The molecule has 0 aromatic carbocycles. The Hall–Kier alpha value is -0.0800. The van der Waals surface area contributed by atoms with Crippen LogP contribution in [0.1, 0.15) is 53.4 Å². The van der Waals surface area contributed by atoms with Crippen molar-refractivity contribution in [1.29, 1.82) is 0 Å². The van der Waals surface area contributed by atoms with Crippen LogP contribution in [0.5, 0.6) is 0 Å². The van der Waals surface area contributed by atoms with Gasteiger partial charge in [0, 0.05) is 18.7 Å². The Morgan fingerprint density at radius 3 is 2.50 bits per heavy atom. The fourth-order valence-corrected chi connectivity index (χ4v) is 2.45. The highest BCUT2D eigenvalue weighted by molar-refractivity contribution is 4.78. The monoisotopic (exact) mass is 227 g/mol. The molecule has 1 rings (SSSR count). The normalized spacial score (nSPS) is 24.9. The molecule has 2 heteroatoms. The SMILES string of the molecule is CC(C)CCCC(C)NC(C)C1CCOC1. The molecule has 96 valence electrons. The lowest BCUT2D eigenvalue weighted by atomic mass is 9.98. The summed E-state index contributed by atoms with van der Waals surface area (Å²) in [6, 6.07) is 1.26. The highest BCUT2D eigenvalue weighted by atomic mass is 16.5. The molecule has 0 aromatic rings. The summed E-state index contributed by atoms with van der Waals surface area (Å²) in [7, 11) is 0. The van der Waals surface area contributed by atoms with E-state index in [1.165, 1.54) is 25.7 Å². The Kier molecular flexibility index (Phi) is 6.37. The van der Waals surface area contributed by atoms with Crippen molar-refractivity contribution in [2.24, 2.45) is 11.8 Å². The van der Waals surface area contributed by atoms with Gasteiger partial charge in [-0.1, -0.05) is 26.7 Å². The van der Waals surface area contributed by atoms with E-state index >= 15 is 0 Å². The lowest BCUT2D eigenvalue weighted by molar-refractivity contribution is 0.176. The van der Waals surface area contributed by atoms with Crippen LogP contribution in [0.2, 0.25) is 0 Å². The van der Waals surface area contributed by atoms with E-state index in [-0.39, 0.29) is 0 Å². The molecule has 0 bridgehead atoms. The fraction of sp³-hybridized carbons (Fsp3) is 1.00. The van der Waals surface area contributed by atoms with Gasteiger partial charge in [0.15, 0.2) is 0 Å². The first-order valence-electron chi connectivity index (χ1n) is 6.93. The third-order valence-electron chi connectivity index (χ3n) is 3.64. The van der Waals surface area contributed by atoms with Crippen LogP contribution in [0.3, 0.4) is 0 Å². The van der Waals surface area contributed by atoms with Crippen molar-refractivity contribution in [2.75, 3.05) is 13.2 Å². The molecule has 0 spiro atoms. The van der Waals surface area contributed by atoms with E-state index in [2.05, 4.69) is 33.0 Å². The van der Waals surface area contributed by atoms with E-state index in [0.29, 0.717) is 12.1 Å². The molecule has 1 fully saturated rings. The molecule has 0 radical (unpaired) electrons. The second-order valence-electron chi connectivity index (χ2n) is 5.80. The van der Waals surface area contributed by atoms with Crippen LogP contribution in [0.4, 0.5) is 0 Å². The van der Waals surface area contributed by atoms with Crippen LogP contribution < -0.4 is 5.32 Å². The van der Waals surface area contributed by atoms with Gasteiger partial charge in [0.2, 0.25) is 0 Å². The number of nitrogens with one attached hydrogen (secondary N) is 1. The molecule has 0 aromatic heterocycles. The average Bonchev–Trinajstić information content (AvgIpc) is 2.69. The minimum atomic E-state index is 0.608. The summed E-state index contributed by atoms with van der Waals surface area (Å²) in [5, 5.41) is 3.72. The van der Waals surface area contributed by atoms with Crippen LogP contribution in [-0.4, -0.2) is 25.3 Å². The molecule has 3 atom stereocenters. The number of hydrogen-bond donors (Lipinski definition) is 1. The molecule has 0 saturated carbocycles. The second kappa shape index (κ2) is 7.29. The first kappa shape index (κ1) is 14.0. The van der Waals surface area contributed by atoms with Gasteiger partial charge in [-0.3, -0.25) is 0 Å². The molecular formula is C14H29NO. The summed E-state index contributed by atoms with van der Waals surface area (Å²) < 4.78 is 5.43. The Bertz CT molecular complexity index is 176. The minimum Gasteiger partial charge on any atom is -0.381 e. The highest BCUT2D eigenvalue weighted by Crippen LogP contribution is 2.17. The average molecular weight is 227 g/mol. The van der Waals surface area contributed by atoms with Crippen molar-refractivity contribution in [2.45, 2.75) is 65.5 Å². The van der Waals surface area contributed by atoms with E-state index in [1.54, 1.807) is 0 Å². The van der Waals surface area contributed by atoms with E-state index in [4.69, 9.17) is 4.74 Å². The summed E-state index contributed by atoms with van der Waals surface area (Å²) in [6.45, 7) is 11.1. The van der Waals surface area contributed by atoms with Gasteiger partial charge in [-0.05, 0) is 38.5 Å². The first-order valence-corrected chi connectivity index (χ1v) is 6.93. The zero-order valence-corrected chi connectivity index (χ0v) is 11.5. The summed E-state index contributed by atoms with van der Waals surface area (Å²) in [4.78, 5) is 0. The molecule has 16 heavy (non-hydrogen) atoms. The summed E-state index contributed by atoms with van der Waals surface area (Å²) in [5.41, 5.74) is 0. The molecular weight excluding hydrogens is 198 g/mol. The quantitative estimate of drug-likeness (QED) is 0.721. The second-order valence-corrected chi connectivity index (χ2v) is 5.80. The molecule has 1 N–H and O–H groups in total. The molecule has 2 nitrogen and oxygen atoms in total. The predicted molar refractivity (Wildman–Crippen MR) is 69.7 cm³/mol. The molecule has 1 aliphatic heterocycles. The minimum absolute atomic E-state index is 0.608. The molecule has 0 amide bonds. The van der Waals surface area contributed by atoms with Gasteiger partial charge in [0.05, 0.1) is 6.61 Å². The maximum Gasteiger partial charge on any atom is 0.0509 e. The van der Waals surface area contributed by atoms with Gasteiger partial charge in [-0.2, -0.15) is 0 Å². The van der Waals surface area contributed by atoms with Crippen molar-refractivity contribution in [3.63, 3.8) is 0 Å². The maximum atomic E-state index is 5.43. The zero-order chi connectivity index (χ0) is 12.0. The number of hydrogen-bond acceptors (Lipinski definition) is 2. The Morgan fingerprint density at radius 2 is 1.94 bits per heavy atom. The summed E-state index contributed by atoms with van der Waals surface area (Å²) in [6.07, 6.45) is 5.23. The fourth-order valence-electron chi connectivity index (χ4n) is 2.45. The van der Waals surface area contributed by atoms with Crippen LogP contribution in [0.25, 0.3) is 0 Å². The largest absolute Gasteiger partial charge is 0.381 e. The van der Waals surface area contributed by atoms with Crippen LogP contribution in [-0.2, 0) is 4.74 Å². The van der Waals surface area contributed by atoms with Crippen molar-refractivity contribution < 1.29 is 4.74 Å². The summed E-state index contributed by atoms with van der Waals surface area (Å²) in [5.74, 6) is 1.57. The standard InChI is InChI=1S/C14H29NO/c1-11(2)6-5-7-12(3)15-13(4)14-8-9-16-10-14/h11-15H,5-10H2,1-4H3. The third-order valence-corrected chi connectivity index (χ3v) is 3.64. The number of ether oxygens (including phenoxy) is 1. The predicted octanol–water partition coefficient (Wildman–Crippen LogP) is 3.22. The topological polar surface area (TPSA) is 21.3 Å². The van der Waals surface area contributed by atoms with Gasteiger partial charge in [0.25, 0.3) is 0 Å². The van der Waals surface area contributed by atoms with Gasteiger partial charge < -0.3 is 10.1 Å². The Morgan fingerprint density at radius 1 is 1.19 bits per heavy atom. The molecule has 0 aliphatic carbocycles. The number of rotatable bonds is 7. The molecule has 1 aliphatic rings. The van der Waals surface area contributed by atoms with E-state index in [0.717, 1.165) is 25.0 Å². The van der Waals surface area contributed by atoms with Crippen LogP contribution in [0.15, 0.2) is 0 Å². The molecule has 3 unspecified atom stereocenters. The summed E-state index contributed by atoms with van der Waals surface area (Å²) >= 11 is 0. The smallest absolute Gasteiger partial charge is 0.0509 e. The van der Waals surface area contributed by atoms with Crippen molar-refractivity contribution in [3.05, 3.63) is 0 Å². The van der Waals surface area contributed by atoms with Crippen LogP contribution >= 0.6 is 0 Å². The first-order chi connectivity index (χ1) is 7.59. The Labute approximate surface area is 101 Å². The van der Waals surface area contributed by atoms with Gasteiger partial charge in [-0.25, -0.2) is 0 Å². The maximum absolute atomic E-state index is 5.43. The zero-order valence-electron chi connectivity index (χ0n) is 11.5. The van der Waals surface area contributed by atoms with E-state index < -0.39 is 0 Å². The molecule has 1 heterocycles. The van der Waals surface area contributed by atoms with E-state index in [1.807, 2.05) is 0 Å². The Balaban J connectivity index is 2.10. The van der Waals surface area contributed by atoms with E-state index in [9.17, 15) is 0 Å². The third kappa shape index (κ3) is 5.31. The highest BCUT2D eigenvalue weighted by Gasteiger charge is 2.22.